The summed E-state index contributed by atoms with van der Waals surface area (Å²) in [6.45, 7) is 2.23. The third kappa shape index (κ3) is 5.21. The van der Waals surface area contributed by atoms with Gasteiger partial charge in [-0.3, -0.25) is 19.2 Å². The lowest BCUT2D eigenvalue weighted by atomic mass is 10.1. The molecule has 0 amide bonds. The number of Topliss-reactive ketones (excluding diaryl/α,β-unsaturated/α-hetero) is 2. The number of rotatable bonds is 6. The number of aliphatic hydroxyl groups excluding tert-OH is 1. The Bertz CT molecular complexity index is 334. The van der Waals surface area contributed by atoms with Crippen LogP contribution in [0.2, 0.25) is 0 Å². The SMILES string of the molecule is CC(=O)OC(C(=O)CO)[C@@H](OC(C)=O)C(C)=O. The van der Waals surface area contributed by atoms with Crippen molar-refractivity contribution < 1.29 is 33.8 Å². The molecule has 0 radical (unpaired) electrons. The molecule has 0 aliphatic rings. The minimum absolute atomic E-state index is 0.659. The van der Waals surface area contributed by atoms with Gasteiger partial charge in [0.2, 0.25) is 18.0 Å². The molecular formula is C10H14O7. The van der Waals surface area contributed by atoms with Gasteiger partial charge in [0.25, 0.3) is 0 Å². The summed E-state index contributed by atoms with van der Waals surface area (Å²) in [5.41, 5.74) is 0. The van der Waals surface area contributed by atoms with Crippen LogP contribution in [0.4, 0.5) is 0 Å². The van der Waals surface area contributed by atoms with E-state index in [1.165, 1.54) is 0 Å². The summed E-state index contributed by atoms with van der Waals surface area (Å²) in [7, 11) is 0. The third-order valence-electron chi connectivity index (χ3n) is 1.73. The highest BCUT2D eigenvalue weighted by molar-refractivity contribution is 5.94. The van der Waals surface area contributed by atoms with Crippen molar-refractivity contribution in [2.75, 3.05) is 6.61 Å². The van der Waals surface area contributed by atoms with E-state index in [4.69, 9.17) is 5.11 Å². The summed E-state index contributed by atoms with van der Waals surface area (Å²) in [6.07, 6.45) is -3.14. The summed E-state index contributed by atoms with van der Waals surface area (Å²) in [6, 6.07) is 0. The Kier molecular flexibility index (Phi) is 6.05. The average molecular weight is 246 g/mol. The Morgan fingerprint density at radius 2 is 1.35 bits per heavy atom. The first kappa shape index (κ1) is 15.2. The van der Waals surface area contributed by atoms with Crippen molar-refractivity contribution in [3.63, 3.8) is 0 Å². The normalized spacial score (nSPS) is 13.4. The van der Waals surface area contributed by atoms with Gasteiger partial charge in [-0.15, -0.1) is 0 Å². The van der Waals surface area contributed by atoms with Crippen LogP contribution in [0, 0.1) is 0 Å². The molecule has 0 spiro atoms. The van der Waals surface area contributed by atoms with Gasteiger partial charge in [-0.1, -0.05) is 0 Å². The van der Waals surface area contributed by atoms with E-state index in [0.717, 1.165) is 20.8 Å². The number of hydrogen-bond acceptors (Lipinski definition) is 7. The van der Waals surface area contributed by atoms with Gasteiger partial charge in [-0.05, 0) is 6.92 Å². The second-order valence-electron chi connectivity index (χ2n) is 3.30. The number of hydrogen-bond donors (Lipinski definition) is 1. The molecule has 0 aromatic carbocycles. The summed E-state index contributed by atoms with van der Waals surface area (Å²) in [4.78, 5) is 44.1. The van der Waals surface area contributed by atoms with Crippen LogP contribution in [0.5, 0.6) is 0 Å². The van der Waals surface area contributed by atoms with Crippen molar-refractivity contribution in [3.05, 3.63) is 0 Å². The van der Waals surface area contributed by atoms with Crippen molar-refractivity contribution in [1.82, 2.24) is 0 Å². The summed E-state index contributed by atoms with van der Waals surface area (Å²) in [5, 5.41) is 8.69. The monoisotopic (exact) mass is 246 g/mol. The molecule has 0 aliphatic heterocycles. The standard InChI is InChI=1S/C10H14O7/c1-5(12)9(16-6(2)13)10(8(15)4-11)17-7(3)14/h9-11H,4H2,1-3H3/t9-,10?/m0/s1. The van der Waals surface area contributed by atoms with E-state index >= 15 is 0 Å². The smallest absolute Gasteiger partial charge is 0.303 e. The molecule has 0 saturated carbocycles. The van der Waals surface area contributed by atoms with Gasteiger partial charge in [0.15, 0.2) is 5.78 Å². The number of esters is 2. The second kappa shape index (κ2) is 6.74. The Hall–Kier alpha value is -1.76. The number of ether oxygens (including phenoxy) is 2. The lowest BCUT2D eigenvalue weighted by Crippen LogP contribution is -2.45. The molecule has 17 heavy (non-hydrogen) atoms. The Morgan fingerprint density at radius 3 is 1.65 bits per heavy atom. The molecular weight excluding hydrogens is 232 g/mol. The van der Waals surface area contributed by atoms with Crippen molar-refractivity contribution in [2.24, 2.45) is 0 Å². The molecule has 0 heterocycles. The van der Waals surface area contributed by atoms with Crippen LogP contribution in [0.25, 0.3) is 0 Å². The zero-order valence-electron chi connectivity index (χ0n) is 9.76. The second-order valence-corrected chi connectivity index (χ2v) is 3.30. The quantitative estimate of drug-likeness (QED) is 0.599. The van der Waals surface area contributed by atoms with Gasteiger partial charge in [0, 0.05) is 13.8 Å². The minimum atomic E-state index is -1.61. The molecule has 7 nitrogen and oxygen atoms in total. The summed E-state index contributed by atoms with van der Waals surface area (Å²) < 4.78 is 9.18. The zero-order chi connectivity index (χ0) is 13.6. The van der Waals surface area contributed by atoms with Crippen LogP contribution in [0.15, 0.2) is 0 Å². The fourth-order valence-corrected chi connectivity index (χ4v) is 1.10. The summed E-state index contributed by atoms with van der Waals surface area (Å²) >= 11 is 0. The van der Waals surface area contributed by atoms with E-state index in [-0.39, 0.29) is 0 Å². The van der Waals surface area contributed by atoms with E-state index in [2.05, 4.69) is 9.47 Å². The van der Waals surface area contributed by atoms with Gasteiger partial charge in [-0.2, -0.15) is 0 Å². The molecule has 96 valence electrons. The maximum absolute atomic E-state index is 11.3. The van der Waals surface area contributed by atoms with E-state index in [0.29, 0.717) is 0 Å². The number of ketones is 2. The van der Waals surface area contributed by atoms with Gasteiger partial charge in [0.1, 0.15) is 6.61 Å². The maximum Gasteiger partial charge on any atom is 0.303 e. The lowest BCUT2D eigenvalue weighted by Gasteiger charge is -2.22. The average Bonchev–Trinajstić information content (AvgIpc) is 2.21. The first-order valence-electron chi connectivity index (χ1n) is 4.78. The van der Waals surface area contributed by atoms with Crippen LogP contribution in [-0.4, -0.2) is 47.4 Å². The molecule has 0 aliphatic carbocycles. The molecule has 7 heteroatoms. The highest BCUT2D eigenvalue weighted by Gasteiger charge is 2.36. The minimum Gasteiger partial charge on any atom is -0.450 e. The number of carbonyl (C=O) groups is 4. The Morgan fingerprint density at radius 1 is 0.941 bits per heavy atom. The first-order valence-corrected chi connectivity index (χ1v) is 4.78. The van der Waals surface area contributed by atoms with Crippen LogP contribution < -0.4 is 0 Å². The largest absolute Gasteiger partial charge is 0.450 e. The van der Waals surface area contributed by atoms with Crippen LogP contribution >= 0.6 is 0 Å². The fraction of sp³-hybridized carbons (Fsp3) is 0.600. The van der Waals surface area contributed by atoms with E-state index in [1.807, 2.05) is 0 Å². The number of carbonyl (C=O) groups excluding carboxylic acids is 4. The maximum atomic E-state index is 11.3. The molecule has 1 unspecified atom stereocenters. The van der Waals surface area contributed by atoms with E-state index in [1.54, 1.807) is 0 Å². The van der Waals surface area contributed by atoms with Gasteiger partial charge in [-0.25, -0.2) is 0 Å². The van der Waals surface area contributed by atoms with Crippen LogP contribution in [0.1, 0.15) is 20.8 Å². The molecule has 0 rings (SSSR count). The van der Waals surface area contributed by atoms with Gasteiger partial charge in [0.05, 0.1) is 0 Å². The molecule has 0 bridgehead atoms. The highest BCUT2D eigenvalue weighted by atomic mass is 16.6. The third-order valence-corrected chi connectivity index (χ3v) is 1.73. The molecule has 2 atom stereocenters. The van der Waals surface area contributed by atoms with Crippen molar-refractivity contribution in [3.8, 4) is 0 Å². The van der Waals surface area contributed by atoms with Crippen LogP contribution in [-0.2, 0) is 28.7 Å². The molecule has 1 N–H and O–H groups in total. The van der Waals surface area contributed by atoms with Crippen molar-refractivity contribution in [2.45, 2.75) is 33.0 Å². The summed E-state index contributed by atoms with van der Waals surface area (Å²) in [5.74, 6) is -3.20. The van der Waals surface area contributed by atoms with Gasteiger partial charge >= 0.3 is 11.9 Å². The number of aliphatic hydroxyl groups is 1. The Balaban J connectivity index is 5.05. The van der Waals surface area contributed by atoms with Crippen molar-refractivity contribution >= 4 is 23.5 Å². The molecule has 0 aromatic rings. The van der Waals surface area contributed by atoms with E-state index < -0.39 is 42.3 Å². The van der Waals surface area contributed by atoms with Crippen LogP contribution in [0.3, 0.4) is 0 Å². The topological polar surface area (TPSA) is 107 Å². The van der Waals surface area contributed by atoms with Gasteiger partial charge < -0.3 is 14.6 Å². The predicted molar refractivity (Wildman–Crippen MR) is 53.9 cm³/mol. The molecule has 0 aromatic heterocycles. The molecule has 0 saturated heterocycles. The highest BCUT2D eigenvalue weighted by Crippen LogP contribution is 2.08. The zero-order valence-corrected chi connectivity index (χ0v) is 9.76. The van der Waals surface area contributed by atoms with Crippen molar-refractivity contribution in [1.29, 1.82) is 0 Å². The van der Waals surface area contributed by atoms with E-state index in [9.17, 15) is 19.2 Å². The Labute approximate surface area is 97.7 Å². The lowest BCUT2D eigenvalue weighted by molar-refractivity contribution is -0.173. The predicted octanol–water partition coefficient (Wildman–Crippen LogP) is -1.000. The first-order chi connectivity index (χ1) is 7.79. The fourth-order valence-electron chi connectivity index (χ4n) is 1.10. The molecule has 0 fully saturated rings.